The lowest BCUT2D eigenvalue weighted by Gasteiger charge is -2.13. The van der Waals surface area contributed by atoms with E-state index in [0.29, 0.717) is 26.6 Å². The number of benzene rings is 2. The third kappa shape index (κ3) is 2.95. The number of H-pyrrole nitrogens is 1. The third-order valence-electron chi connectivity index (χ3n) is 3.07. The number of hydrogen-bond donors (Lipinski definition) is 1. The predicted octanol–water partition coefficient (Wildman–Crippen LogP) is 5.66. The van der Waals surface area contributed by atoms with Crippen LogP contribution in [0, 0.1) is 0 Å². The van der Waals surface area contributed by atoms with E-state index in [9.17, 15) is 0 Å². The zero-order valence-electron chi connectivity index (χ0n) is 11.0. The number of hydrogen-bond acceptors (Lipinski definition) is 2. The average molecular weight is 342 g/mol. The summed E-state index contributed by atoms with van der Waals surface area (Å²) in [5.74, 6) is 1.30. The minimum atomic E-state index is -0.283. The summed E-state index contributed by atoms with van der Waals surface area (Å²) >= 11 is 18.1. The molecule has 0 aliphatic heterocycles. The van der Waals surface area contributed by atoms with Crippen LogP contribution in [0.3, 0.4) is 0 Å². The molecule has 108 valence electrons. The first-order valence-electron chi connectivity index (χ1n) is 6.30. The molecule has 3 rings (SSSR count). The summed E-state index contributed by atoms with van der Waals surface area (Å²) in [6, 6.07) is 10.8. The lowest BCUT2D eigenvalue weighted by atomic mass is 10.3. The molecule has 0 aliphatic carbocycles. The van der Waals surface area contributed by atoms with E-state index in [1.54, 1.807) is 18.2 Å². The van der Waals surface area contributed by atoms with Crippen molar-refractivity contribution in [2.24, 2.45) is 0 Å². The Labute approximate surface area is 136 Å². The molecule has 2 aromatic carbocycles. The molecule has 1 N–H and O–H groups in total. The summed E-state index contributed by atoms with van der Waals surface area (Å²) in [5.41, 5.74) is 1.56. The monoisotopic (exact) mass is 340 g/mol. The molecule has 3 aromatic rings. The number of aromatic amines is 1. The van der Waals surface area contributed by atoms with Crippen LogP contribution in [0.15, 0.2) is 36.4 Å². The minimum absolute atomic E-state index is 0.283. The second-order valence-corrected chi connectivity index (χ2v) is 5.82. The predicted molar refractivity (Wildman–Crippen MR) is 86.6 cm³/mol. The number of fused-ring (bicyclic) bond motifs is 1. The van der Waals surface area contributed by atoms with Gasteiger partial charge >= 0.3 is 0 Å². The summed E-state index contributed by atoms with van der Waals surface area (Å²) in [6.45, 7) is 1.89. The highest BCUT2D eigenvalue weighted by atomic mass is 35.5. The van der Waals surface area contributed by atoms with Gasteiger partial charge in [-0.1, -0.05) is 46.9 Å². The first-order chi connectivity index (χ1) is 10.0. The lowest BCUT2D eigenvalue weighted by Crippen LogP contribution is -2.05. The Balaban J connectivity index is 1.91. The van der Waals surface area contributed by atoms with Gasteiger partial charge in [0.1, 0.15) is 11.6 Å². The van der Waals surface area contributed by atoms with Crippen molar-refractivity contribution in [2.75, 3.05) is 0 Å². The summed E-state index contributed by atoms with van der Waals surface area (Å²) in [6.07, 6.45) is -0.283. The van der Waals surface area contributed by atoms with E-state index in [1.807, 2.05) is 25.1 Å². The number of halogens is 3. The van der Waals surface area contributed by atoms with Crippen molar-refractivity contribution in [1.29, 1.82) is 0 Å². The van der Waals surface area contributed by atoms with Crippen LogP contribution in [0.2, 0.25) is 15.1 Å². The number of rotatable bonds is 3. The molecule has 6 heteroatoms. The minimum Gasteiger partial charge on any atom is -0.481 e. The molecule has 0 unspecified atom stereocenters. The number of nitrogens with one attached hydrogen (secondary N) is 1. The number of para-hydroxylation sites is 1. The Morgan fingerprint density at radius 1 is 1.05 bits per heavy atom. The van der Waals surface area contributed by atoms with Crippen molar-refractivity contribution in [3.8, 4) is 5.75 Å². The van der Waals surface area contributed by atoms with Crippen molar-refractivity contribution in [2.45, 2.75) is 13.0 Å². The molecule has 1 atom stereocenters. The molecule has 3 nitrogen and oxygen atoms in total. The second kappa shape index (κ2) is 5.76. The van der Waals surface area contributed by atoms with Gasteiger partial charge in [-0.15, -0.1) is 0 Å². The van der Waals surface area contributed by atoms with Gasteiger partial charge in [0.25, 0.3) is 0 Å². The molecule has 0 fully saturated rings. The Morgan fingerprint density at radius 2 is 1.76 bits per heavy atom. The fourth-order valence-corrected chi connectivity index (χ4v) is 2.51. The molecule has 0 spiro atoms. The van der Waals surface area contributed by atoms with E-state index in [1.165, 1.54) is 0 Å². The van der Waals surface area contributed by atoms with E-state index in [2.05, 4.69) is 9.97 Å². The van der Waals surface area contributed by atoms with Crippen LogP contribution in [-0.4, -0.2) is 9.97 Å². The zero-order chi connectivity index (χ0) is 15.0. The van der Waals surface area contributed by atoms with Gasteiger partial charge in [0.2, 0.25) is 0 Å². The maximum absolute atomic E-state index is 6.09. The average Bonchev–Trinajstić information content (AvgIpc) is 2.85. The van der Waals surface area contributed by atoms with Crippen LogP contribution >= 0.6 is 34.8 Å². The standard InChI is InChI=1S/C15H11Cl3N2O/c1-8(21-14-5-3-2-4-9(14)16)15-19-12-6-10(17)11(18)7-13(12)20-15/h2-8H,1H3,(H,19,20)/t8-/m0/s1. The van der Waals surface area contributed by atoms with Gasteiger partial charge in [-0.3, -0.25) is 0 Å². The fourth-order valence-electron chi connectivity index (χ4n) is 2.00. The van der Waals surface area contributed by atoms with Crippen molar-refractivity contribution in [3.05, 3.63) is 57.3 Å². The zero-order valence-corrected chi connectivity index (χ0v) is 13.3. The summed E-state index contributed by atoms with van der Waals surface area (Å²) in [7, 11) is 0. The number of imidazole rings is 1. The topological polar surface area (TPSA) is 37.9 Å². The van der Waals surface area contributed by atoms with Crippen molar-refractivity contribution < 1.29 is 4.74 Å². The molecule has 0 saturated heterocycles. The fraction of sp³-hybridized carbons (Fsp3) is 0.133. The summed E-state index contributed by atoms with van der Waals surface area (Å²) in [5, 5.41) is 1.52. The molecular weight excluding hydrogens is 331 g/mol. The van der Waals surface area contributed by atoms with Crippen molar-refractivity contribution in [3.63, 3.8) is 0 Å². The van der Waals surface area contributed by atoms with E-state index >= 15 is 0 Å². The van der Waals surface area contributed by atoms with Gasteiger partial charge in [0.15, 0.2) is 6.10 Å². The van der Waals surface area contributed by atoms with Crippen LogP contribution < -0.4 is 4.74 Å². The van der Waals surface area contributed by atoms with E-state index in [-0.39, 0.29) is 6.10 Å². The van der Waals surface area contributed by atoms with Crippen LogP contribution in [-0.2, 0) is 0 Å². The van der Waals surface area contributed by atoms with Crippen LogP contribution in [0.5, 0.6) is 5.75 Å². The Bertz CT molecular complexity index is 762. The maximum atomic E-state index is 6.09. The molecule has 1 heterocycles. The Morgan fingerprint density at radius 3 is 2.52 bits per heavy atom. The van der Waals surface area contributed by atoms with Gasteiger partial charge in [-0.2, -0.15) is 0 Å². The Kier molecular flexibility index (Phi) is 3.98. The van der Waals surface area contributed by atoms with Gasteiger partial charge in [0.05, 0.1) is 26.1 Å². The second-order valence-electron chi connectivity index (χ2n) is 4.60. The molecule has 0 saturated carbocycles. The van der Waals surface area contributed by atoms with E-state index < -0.39 is 0 Å². The highest BCUT2D eigenvalue weighted by Gasteiger charge is 2.15. The summed E-state index contributed by atoms with van der Waals surface area (Å²) < 4.78 is 5.83. The third-order valence-corrected chi connectivity index (χ3v) is 4.10. The number of aromatic nitrogens is 2. The van der Waals surface area contributed by atoms with Gasteiger partial charge in [0, 0.05) is 0 Å². The van der Waals surface area contributed by atoms with E-state index in [0.717, 1.165) is 11.0 Å². The van der Waals surface area contributed by atoms with E-state index in [4.69, 9.17) is 39.5 Å². The summed E-state index contributed by atoms with van der Waals surface area (Å²) in [4.78, 5) is 7.65. The molecule has 0 aliphatic rings. The number of ether oxygens (including phenoxy) is 1. The largest absolute Gasteiger partial charge is 0.481 e. The maximum Gasteiger partial charge on any atom is 0.153 e. The molecule has 21 heavy (non-hydrogen) atoms. The lowest BCUT2D eigenvalue weighted by molar-refractivity contribution is 0.218. The van der Waals surface area contributed by atoms with Gasteiger partial charge < -0.3 is 9.72 Å². The van der Waals surface area contributed by atoms with Crippen LogP contribution in [0.25, 0.3) is 11.0 Å². The van der Waals surface area contributed by atoms with Crippen LogP contribution in [0.4, 0.5) is 0 Å². The Hall–Kier alpha value is -1.42. The normalized spacial score (nSPS) is 12.6. The van der Waals surface area contributed by atoms with Gasteiger partial charge in [-0.05, 0) is 31.2 Å². The highest BCUT2D eigenvalue weighted by molar-refractivity contribution is 6.42. The van der Waals surface area contributed by atoms with Crippen LogP contribution in [0.1, 0.15) is 18.9 Å². The first-order valence-corrected chi connectivity index (χ1v) is 7.44. The quantitative estimate of drug-likeness (QED) is 0.667. The van der Waals surface area contributed by atoms with Crippen molar-refractivity contribution >= 4 is 45.8 Å². The molecule has 1 aromatic heterocycles. The molecule has 0 bridgehead atoms. The molecule has 0 radical (unpaired) electrons. The molecule has 0 amide bonds. The smallest absolute Gasteiger partial charge is 0.153 e. The SMILES string of the molecule is C[C@H](Oc1ccccc1Cl)c1nc2cc(Cl)c(Cl)cc2[nH]1. The van der Waals surface area contributed by atoms with Crippen molar-refractivity contribution in [1.82, 2.24) is 9.97 Å². The number of nitrogens with zero attached hydrogens (tertiary/aromatic N) is 1. The van der Waals surface area contributed by atoms with Gasteiger partial charge in [-0.25, -0.2) is 4.98 Å². The highest BCUT2D eigenvalue weighted by Crippen LogP contribution is 2.30. The molecular formula is C15H11Cl3N2O. The first kappa shape index (κ1) is 14.5.